The number of alkyl halides is 3. The Morgan fingerprint density at radius 1 is 1.02 bits per heavy atom. The summed E-state index contributed by atoms with van der Waals surface area (Å²) in [4.78, 5) is 40.9. The number of benzene rings is 2. The highest BCUT2D eigenvalue weighted by atomic mass is 19.4. The fraction of sp³-hybridized carbons (Fsp3) is 0.486. The standard InChI is InChI=1S/C35H40F6N4O4/c1-20-14-23(36)15-21-10-7-5-4-6-8-12-29(45-30(46)18-25(35(39,40)41)27(43-45)11-9-13-44(2)3)34(49)42-28(19-31(47)48)24-16-22(32(20)21)17-26(37)33(24)38/h14-18,28-29H,4-13,19H2,1-3H3,(H,42,49)(H,47,48)/t28-,29-/m0/s1. The molecule has 1 aliphatic heterocycles. The van der Waals surface area contributed by atoms with Crippen molar-refractivity contribution in [2.75, 3.05) is 20.6 Å². The third-order valence-corrected chi connectivity index (χ3v) is 8.68. The van der Waals surface area contributed by atoms with Gasteiger partial charge in [-0.15, -0.1) is 0 Å². The maximum absolute atomic E-state index is 15.5. The molecule has 8 nitrogen and oxygen atoms in total. The minimum Gasteiger partial charge on any atom is -0.481 e. The molecule has 4 rings (SSSR count). The predicted octanol–water partition coefficient (Wildman–Crippen LogP) is 6.92. The van der Waals surface area contributed by atoms with E-state index in [1.807, 2.05) is 0 Å². The lowest BCUT2D eigenvalue weighted by molar-refractivity contribution is -0.139. The van der Waals surface area contributed by atoms with Gasteiger partial charge in [0.25, 0.3) is 5.56 Å². The maximum Gasteiger partial charge on any atom is 0.418 e. The number of aliphatic carboxylic acids is 1. The average molecular weight is 695 g/mol. The van der Waals surface area contributed by atoms with Gasteiger partial charge in [0, 0.05) is 11.6 Å². The highest BCUT2D eigenvalue weighted by Crippen LogP contribution is 2.36. The van der Waals surface area contributed by atoms with Crippen LogP contribution in [-0.2, 0) is 28.6 Å². The highest BCUT2D eigenvalue weighted by molar-refractivity contribution is 5.82. The summed E-state index contributed by atoms with van der Waals surface area (Å²) in [6, 6.07) is 2.00. The second-order valence-electron chi connectivity index (χ2n) is 12.8. The number of carboxylic acids is 1. The van der Waals surface area contributed by atoms with Crippen molar-refractivity contribution in [3.63, 3.8) is 0 Å². The largest absolute Gasteiger partial charge is 0.481 e. The molecule has 2 N–H and O–H groups in total. The third kappa shape index (κ3) is 9.49. The predicted molar refractivity (Wildman–Crippen MR) is 170 cm³/mol. The van der Waals surface area contributed by atoms with Gasteiger partial charge in [0.15, 0.2) is 11.6 Å². The first-order valence-electron chi connectivity index (χ1n) is 16.2. The molecule has 2 atom stereocenters. The number of hydrogen-bond acceptors (Lipinski definition) is 5. The number of amides is 1. The summed E-state index contributed by atoms with van der Waals surface area (Å²) in [5, 5.41) is 16.2. The average Bonchev–Trinajstić information content (AvgIpc) is 2.98. The Morgan fingerprint density at radius 2 is 1.71 bits per heavy atom. The van der Waals surface area contributed by atoms with Crippen LogP contribution >= 0.6 is 0 Å². The molecule has 0 fully saturated rings. The molecule has 2 bridgehead atoms. The van der Waals surface area contributed by atoms with Crippen LogP contribution < -0.4 is 10.9 Å². The molecule has 49 heavy (non-hydrogen) atoms. The van der Waals surface area contributed by atoms with Crippen LogP contribution in [0, 0.1) is 24.4 Å². The maximum atomic E-state index is 15.5. The Kier molecular flexibility index (Phi) is 12.3. The number of nitrogens with one attached hydrogen (secondary N) is 1. The zero-order valence-corrected chi connectivity index (χ0v) is 27.6. The van der Waals surface area contributed by atoms with Crippen LogP contribution in [0.15, 0.2) is 35.1 Å². The van der Waals surface area contributed by atoms with Crippen LogP contribution in [-0.4, -0.2) is 52.3 Å². The van der Waals surface area contributed by atoms with Gasteiger partial charge in [0.1, 0.15) is 11.9 Å². The number of aromatic nitrogens is 2. The molecule has 0 spiro atoms. The van der Waals surface area contributed by atoms with Crippen LogP contribution in [0.5, 0.6) is 0 Å². The normalized spacial score (nSPS) is 17.9. The first kappa shape index (κ1) is 37.6. The zero-order valence-electron chi connectivity index (χ0n) is 27.6. The van der Waals surface area contributed by atoms with Crippen molar-refractivity contribution in [1.82, 2.24) is 20.0 Å². The van der Waals surface area contributed by atoms with Crippen LogP contribution in [0.2, 0.25) is 0 Å². The molecule has 0 saturated carbocycles. The number of carboxylic acid groups (broad SMARTS) is 1. The minimum absolute atomic E-state index is 0.0504. The monoisotopic (exact) mass is 694 g/mol. The fourth-order valence-corrected chi connectivity index (χ4v) is 6.38. The number of aryl methyl sites for hydroxylation is 3. The van der Waals surface area contributed by atoms with Gasteiger partial charge in [-0.25, -0.2) is 17.9 Å². The van der Waals surface area contributed by atoms with Crippen molar-refractivity contribution < 1.29 is 41.0 Å². The molecule has 0 saturated heterocycles. The molecule has 266 valence electrons. The van der Waals surface area contributed by atoms with Gasteiger partial charge in [-0.1, -0.05) is 25.7 Å². The van der Waals surface area contributed by atoms with Crippen LogP contribution in [0.25, 0.3) is 11.1 Å². The van der Waals surface area contributed by atoms with E-state index in [1.165, 1.54) is 18.2 Å². The van der Waals surface area contributed by atoms with E-state index in [9.17, 15) is 37.1 Å². The summed E-state index contributed by atoms with van der Waals surface area (Å²) in [6.45, 7) is 2.05. The third-order valence-electron chi connectivity index (χ3n) is 8.68. The molecule has 0 unspecified atom stereocenters. The van der Waals surface area contributed by atoms with Crippen molar-refractivity contribution in [2.24, 2.45) is 0 Å². The minimum atomic E-state index is -4.89. The number of rotatable bonds is 7. The van der Waals surface area contributed by atoms with Crippen molar-refractivity contribution >= 4 is 11.9 Å². The fourth-order valence-electron chi connectivity index (χ4n) is 6.38. The molecule has 1 aromatic heterocycles. The molecule has 3 aromatic rings. The number of fused-ring (bicyclic) bond motifs is 4. The second kappa shape index (κ2) is 16.0. The highest BCUT2D eigenvalue weighted by Gasteiger charge is 2.37. The van der Waals surface area contributed by atoms with Gasteiger partial charge in [-0.2, -0.15) is 18.3 Å². The van der Waals surface area contributed by atoms with Gasteiger partial charge >= 0.3 is 12.1 Å². The Bertz CT molecular complexity index is 1740. The van der Waals surface area contributed by atoms with Crippen molar-refractivity contribution in [3.8, 4) is 11.1 Å². The quantitative estimate of drug-likeness (QED) is 0.261. The molecule has 1 amide bonds. The molecule has 2 aromatic carbocycles. The summed E-state index contributed by atoms with van der Waals surface area (Å²) < 4.78 is 87.8. The van der Waals surface area contributed by atoms with Crippen LogP contribution in [0.4, 0.5) is 26.3 Å². The molecule has 2 heterocycles. The molecule has 14 heteroatoms. The van der Waals surface area contributed by atoms with Gasteiger partial charge in [0.2, 0.25) is 5.91 Å². The lowest BCUT2D eigenvalue weighted by Gasteiger charge is -2.25. The summed E-state index contributed by atoms with van der Waals surface area (Å²) in [5.41, 5.74) is -1.71. The Hall–Kier alpha value is -4.20. The van der Waals surface area contributed by atoms with Gasteiger partial charge in [-0.3, -0.25) is 14.4 Å². The topological polar surface area (TPSA) is 105 Å². The van der Waals surface area contributed by atoms with Gasteiger partial charge in [-0.05, 0) is 106 Å². The van der Waals surface area contributed by atoms with E-state index in [-0.39, 0.29) is 24.8 Å². The Morgan fingerprint density at radius 3 is 2.39 bits per heavy atom. The van der Waals surface area contributed by atoms with Gasteiger partial charge in [0.05, 0.1) is 23.7 Å². The van der Waals surface area contributed by atoms with E-state index in [0.717, 1.165) is 6.07 Å². The summed E-state index contributed by atoms with van der Waals surface area (Å²) in [7, 11) is 3.50. The first-order valence-corrected chi connectivity index (χ1v) is 16.2. The number of halogens is 6. The van der Waals surface area contributed by atoms with Crippen LogP contribution in [0.1, 0.15) is 91.4 Å². The van der Waals surface area contributed by atoms with E-state index < -0.39 is 76.4 Å². The van der Waals surface area contributed by atoms with Crippen molar-refractivity contribution in [2.45, 2.75) is 89.4 Å². The van der Waals surface area contributed by atoms with E-state index in [1.54, 1.807) is 25.9 Å². The number of carbonyl (C=O) groups excluding carboxylic acids is 1. The van der Waals surface area contributed by atoms with Gasteiger partial charge < -0.3 is 15.3 Å². The van der Waals surface area contributed by atoms with Crippen molar-refractivity contribution in [1.29, 1.82) is 0 Å². The Balaban J connectivity index is 1.85. The zero-order chi connectivity index (χ0) is 36.0. The lowest BCUT2D eigenvalue weighted by atomic mass is 9.89. The second-order valence-corrected chi connectivity index (χ2v) is 12.8. The van der Waals surface area contributed by atoms with E-state index in [0.29, 0.717) is 72.5 Å². The molecule has 0 aliphatic carbocycles. The van der Waals surface area contributed by atoms with E-state index in [4.69, 9.17) is 0 Å². The van der Waals surface area contributed by atoms with Crippen LogP contribution in [0.3, 0.4) is 0 Å². The SMILES string of the molecule is Cc1cc(F)cc2c1-c1cc(F)c(F)c(c1)[C@H](CC(=O)O)NC(=O)[C@@H](n1nc(CCCN(C)C)c(C(F)(F)F)cc1=O)CCCCCCC2. The lowest BCUT2D eigenvalue weighted by Crippen LogP contribution is -2.41. The molecular weight excluding hydrogens is 654 g/mol. The number of hydrogen-bond donors (Lipinski definition) is 2. The smallest absolute Gasteiger partial charge is 0.418 e. The molecule has 1 aliphatic rings. The summed E-state index contributed by atoms with van der Waals surface area (Å²) in [6.07, 6.45) is -2.37. The molecular formula is C35H40F6N4O4. The summed E-state index contributed by atoms with van der Waals surface area (Å²) in [5.74, 6) is -5.69. The van der Waals surface area contributed by atoms with E-state index in [2.05, 4.69) is 10.4 Å². The molecule has 0 radical (unpaired) electrons. The van der Waals surface area contributed by atoms with Crippen molar-refractivity contribution in [3.05, 3.63) is 86.1 Å². The number of carbonyl (C=O) groups is 2. The Labute approximate surface area is 280 Å². The number of nitrogens with zero attached hydrogens (tertiary/aromatic N) is 3. The van der Waals surface area contributed by atoms with E-state index >= 15 is 8.78 Å². The first-order chi connectivity index (χ1) is 23.1. The summed E-state index contributed by atoms with van der Waals surface area (Å²) >= 11 is 0.